The molecule has 0 spiro atoms. The van der Waals surface area contributed by atoms with Crippen molar-refractivity contribution in [1.82, 2.24) is 5.32 Å². The minimum atomic E-state index is -4.13. The quantitative estimate of drug-likeness (QED) is 0.759. The molecule has 0 bridgehead atoms. The highest BCUT2D eigenvalue weighted by Crippen LogP contribution is 2.24. The maximum atomic E-state index is 13.6. The predicted molar refractivity (Wildman–Crippen MR) is 71.6 cm³/mol. The second kappa shape index (κ2) is 6.98. The topological polar surface area (TPSA) is 98.5 Å². The van der Waals surface area contributed by atoms with Crippen molar-refractivity contribution < 1.29 is 22.3 Å². The Morgan fingerprint density at radius 2 is 2.15 bits per heavy atom. The molecular weight excluding hydrogens is 311 g/mol. The molecule has 1 amide bonds. The number of ether oxygens (including phenoxy) is 1. The Bertz CT molecular complexity index is 607. The van der Waals surface area contributed by atoms with Gasteiger partial charge in [-0.05, 0) is 18.6 Å². The fourth-order valence-electron chi connectivity index (χ4n) is 1.43. The number of primary sulfonamides is 1. The van der Waals surface area contributed by atoms with E-state index >= 15 is 0 Å². The Morgan fingerprint density at radius 1 is 1.50 bits per heavy atom. The summed E-state index contributed by atoms with van der Waals surface area (Å²) in [5.74, 6) is -1.67. The summed E-state index contributed by atoms with van der Waals surface area (Å²) in [4.78, 5) is 11.3. The molecule has 0 heterocycles. The summed E-state index contributed by atoms with van der Waals surface area (Å²) < 4.78 is 41.0. The van der Waals surface area contributed by atoms with Gasteiger partial charge in [0.25, 0.3) is 5.91 Å². The second-order valence-electron chi connectivity index (χ2n) is 3.91. The van der Waals surface area contributed by atoms with Crippen LogP contribution in [0.15, 0.2) is 17.0 Å². The number of methoxy groups -OCH3 is 1. The maximum absolute atomic E-state index is 13.6. The van der Waals surface area contributed by atoms with Gasteiger partial charge in [0.15, 0.2) is 0 Å². The summed E-state index contributed by atoms with van der Waals surface area (Å²) in [5.41, 5.74) is -0.434. The third kappa shape index (κ3) is 4.41. The van der Waals surface area contributed by atoms with E-state index in [1.165, 1.54) is 7.11 Å². The Hall–Kier alpha value is -1.22. The zero-order valence-electron chi connectivity index (χ0n) is 10.7. The molecule has 9 heteroatoms. The third-order valence-corrected chi connectivity index (χ3v) is 3.76. The first-order chi connectivity index (χ1) is 9.27. The van der Waals surface area contributed by atoms with Crippen LogP contribution in [0.4, 0.5) is 4.39 Å². The fraction of sp³-hybridized carbons (Fsp3) is 0.364. The van der Waals surface area contributed by atoms with E-state index < -0.39 is 32.2 Å². The van der Waals surface area contributed by atoms with Crippen molar-refractivity contribution in [2.24, 2.45) is 5.14 Å². The Kier molecular flexibility index (Phi) is 5.88. The molecule has 0 aromatic heterocycles. The molecule has 0 saturated carbocycles. The van der Waals surface area contributed by atoms with Gasteiger partial charge < -0.3 is 10.1 Å². The van der Waals surface area contributed by atoms with E-state index in [0.717, 1.165) is 12.1 Å². The predicted octanol–water partition coefficient (Wildman–Crippen LogP) is 0.893. The van der Waals surface area contributed by atoms with Gasteiger partial charge in [-0.15, -0.1) is 0 Å². The molecule has 0 radical (unpaired) electrons. The zero-order chi connectivity index (χ0) is 15.3. The second-order valence-corrected chi connectivity index (χ2v) is 5.85. The lowest BCUT2D eigenvalue weighted by atomic mass is 10.2. The number of rotatable bonds is 6. The molecule has 20 heavy (non-hydrogen) atoms. The monoisotopic (exact) mass is 324 g/mol. The molecule has 0 aliphatic heterocycles. The van der Waals surface area contributed by atoms with Crippen molar-refractivity contribution in [2.75, 3.05) is 20.3 Å². The average molecular weight is 325 g/mol. The lowest BCUT2D eigenvalue weighted by molar-refractivity contribution is 0.0944. The van der Waals surface area contributed by atoms with Gasteiger partial charge in [-0.3, -0.25) is 4.79 Å². The van der Waals surface area contributed by atoms with Crippen molar-refractivity contribution in [3.8, 4) is 0 Å². The van der Waals surface area contributed by atoms with E-state index in [1.807, 2.05) is 0 Å². The van der Waals surface area contributed by atoms with Crippen LogP contribution in [0.2, 0.25) is 5.02 Å². The van der Waals surface area contributed by atoms with Crippen LogP contribution in [0.1, 0.15) is 16.8 Å². The van der Waals surface area contributed by atoms with Crippen LogP contribution in [-0.4, -0.2) is 34.6 Å². The molecule has 1 aromatic rings. The van der Waals surface area contributed by atoms with E-state index in [-0.39, 0.29) is 11.6 Å². The van der Waals surface area contributed by atoms with E-state index in [4.69, 9.17) is 21.5 Å². The summed E-state index contributed by atoms with van der Waals surface area (Å²) in [6, 6.07) is 1.56. The molecule has 0 aliphatic rings. The standard InChI is InChI=1S/C11H14ClFN2O4S/c1-19-4-2-3-15-11(16)7-5-10(20(14,17)18)8(12)6-9(7)13/h5-6H,2-4H2,1H3,(H,15,16)(H2,14,17,18). The van der Waals surface area contributed by atoms with Crippen LogP contribution in [0, 0.1) is 5.82 Å². The first kappa shape index (κ1) is 16.8. The minimum absolute atomic E-state index is 0.263. The third-order valence-electron chi connectivity index (χ3n) is 2.38. The van der Waals surface area contributed by atoms with Crippen LogP contribution in [0.5, 0.6) is 0 Å². The Balaban J connectivity index is 2.98. The number of nitrogens with two attached hydrogens (primary N) is 1. The number of carbonyl (C=O) groups is 1. The van der Waals surface area contributed by atoms with Gasteiger partial charge in [0.05, 0.1) is 10.6 Å². The van der Waals surface area contributed by atoms with Crippen LogP contribution in [0.3, 0.4) is 0 Å². The van der Waals surface area contributed by atoms with Crippen LogP contribution in [0.25, 0.3) is 0 Å². The molecule has 0 aliphatic carbocycles. The van der Waals surface area contributed by atoms with Gasteiger partial charge >= 0.3 is 0 Å². The summed E-state index contributed by atoms with van der Waals surface area (Å²) in [5, 5.41) is 6.99. The number of halogens is 2. The van der Waals surface area contributed by atoms with Gasteiger partial charge in [-0.2, -0.15) is 0 Å². The summed E-state index contributed by atoms with van der Waals surface area (Å²) in [6.45, 7) is 0.700. The molecule has 112 valence electrons. The van der Waals surface area contributed by atoms with E-state index in [1.54, 1.807) is 0 Å². The van der Waals surface area contributed by atoms with Gasteiger partial charge in [-0.25, -0.2) is 17.9 Å². The summed E-state index contributed by atoms with van der Waals surface area (Å²) in [7, 11) is -2.62. The fourth-order valence-corrected chi connectivity index (χ4v) is 2.52. The van der Waals surface area contributed by atoms with Gasteiger partial charge in [0, 0.05) is 20.3 Å². The number of benzene rings is 1. The van der Waals surface area contributed by atoms with Crippen molar-refractivity contribution >= 4 is 27.5 Å². The van der Waals surface area contributed by atoms with Gasteiger partial charge in [0.1, 0.15) is 10.7 Å². The highest BCUT2D eigenvalue weighted by molar-refractivity contribution is 7.89. The highest BCUT2D eigenvalue weighted by atomic mass is 35.5. The minimum Gasteiger partial charge on any atom is -0.385 e. The van der Waals surface area contributed by atoms with Crippen LogP contribution >= 0.6 is 11.6 Å². The molecular formula is C11H14ClFN2O4S. The van der Waals surface area contributed by atoms with Crippen molar-refractivity contribution in [2.45, 2.75) is 11.3 Å². The SMILES string of the molecule is COCCCNC(=O)c1cc(S(N)(=O)=O)c(Cl)cc1F. The molecule has 0 fully saturated rings. The highest BCUT2D eigenvalue weighted by Gasteiger charge is 2.20. The van der Waals surface area contributed by atoms with E-state index in [2.05, 4.69) is 5.32 Å². The lowest BCUT2D eigenvalue weighted by Crippen LogP contribution is -2.26. The lowest BCUT2D eigenvalue weighted by Gasteiger charge is -2.08. The first-order valence-corrected chi connectivity index (χ1v) is 7.48. The smallest absolute Gasteiger partial charge is 0.254 e. The van der Waals surface area contributed by atoms with Crippen LogP contribution < -0.4 is 10.5 Å². The maximum Gasteiger partial charge on any atom is 0.254 e. The number of sulfonamides is 1. The number of carbonyl (C=O) groups excluding carboxylic acids is 1. The van der Waals surface area contributed by atoms with Crippen LogP contribution in [-0.2, 0) is 14.8 Å². The Morgan fingerprint density at radius 3 is 2.70 bits per heavy atom. The number of hydrogen-bond donors (Lipinski definition) is 2. The molecule has 1 rings (SSSR count). The summed E-state index contributed by atoms with van der Waals surface area (Å²) in [6.07, 6.45) is 0.541. The number of hydrogen-bond acceptors (Lipinski definition) is 4. The van der Waals surface area contributed by atoms with E-state index in [0.29, 0.717) is 13.0 Å². The van der Waals surface area contributed by atoms with Gasteiger partial charge in [0.2, 0.25) is 10.0 Å². The Labute approximate surface area is 121 Å². The zero-order valence-corrected chi connectivity index (χ0v) is 12.2. The largest absolute Gasteiger partial charge is 0.385 e. The molecule has 0 atom stereocenters. The summed E-state index contributed by atoms with van der Waals surface area (Å²) >= 11 is 5.59. The van der Waals surface area contributed by atoms with Crippen molar-refractivity contribution in [3.05, 3.63) is 28.5 Å². The normalized spacial score (nSPS) is 11.4. The van der Waals surface area contributed by atoms with Gasteiger partial charge in [-0.1, -0.05) is 11.6 Å². The molecule has 1 aromatic carbocycles. The van der Waals surface area contributed by atoms with Crippen molar-refractivity contribution in [1.29, 1.82) is 0 Å². The van der Waals surface area contributed by atoms with E-state index in [9.17, 15) is 17.6 Å². The molecule has 6 nitrogen and oxygen atoms in total. The molecule has 0 saturated heterocycles. The average Bonchev–Trinajstić information content (AvgIpc) is 2.32. The molecule has 3 N–H and O–H groups in total. The number of nitrogens with one attached hydrogen (secondary N) is 1. The first-order valence-electron chi connectivity index (χ1n) is 5.56. The molecule has 0 unspecified atom stereocenters. The number of amides is 1. The van der Waals surface area contributed by atoms with Crippen molar-refractivity contribution in [3.63, 3.8) is 0 Å².